The molecule has 2 rings (SSSR count). The Morgan fingerprint density at radius 3 is 2.20 bits per heavy atom. The molecular weight excluding hydrogens is 344 g/mol. The van der Waals surface area contributed by atoms with E-state index in [-0.39, 0.29) is 17.1 Å². The van der Waals surface area contributed by atoms with Gasteiger partial charge in [0.1, 0.15) is 5.82 Å². The van der Waals surface area contributed by atoms with Gasteiger partial charge in [-0.15, -0.1) is 0 Å². The highest BCUT2D eigenvalue weighted by molar-refractivity contribution is 7.86. The van der Waals surface area contributed by atoms with Crippen LogP contribution in [0.2, 0.25) is 0 Å². The van der Waals surface area contributed by atoms with Gasteiger partial charge in [-0.1, -0.05) is 32.9 Å². The third-order valence-corrected chi connectivity index (χ3v) is 4.42. The molecule has 1 aromatic heterocycles. The molecule has 1 amide bonds. The number of rotatable bonds is 3. The maximum Gasteiger partial charge on any atom is 0.301 e. The topological polar surface area (TPSA) is 135 Å². The summed E-state index contributed by atoms with van der Waals surface area (Å²) in [6, 6.07) is 6.89. The van der Waals surface area contributed by atoms with Crippen LogP contribution in [0.15, 0.2) is 29.2 Å². The summed E-state index contributed by atoms with van der Waals surface area (Å²) in [7, 11) is -4.70. The lowest BCUT2D eigenvalue weighted by Crippen LogP contribution is -2.19. The average Bonchev–Trinajstić information content (AvgIpc) is 2.44. The second kappa shape index (κ2) is 6.41. The van der Waals surface area contributed by atoms with E-state index in [4.69, 9.17) is 5.73 Å². The van der Waals surface area contributed by atoms with Crippen LogP contribution in [0, 0.1) is 6.92 Å². The van der Waals surface area contributed by atoms with E-state index < -0.39 is 26.7 Å². The van der Waals surface area contributed by atoms with Gasteiger partial charge in [-0.2, -0.15) is 8.42 Å². The molecule has 0 saturated carbocycles. The number of carbonyl (C=O) groups is 1. The van der Waals surface area contributed by atoms with E-state index >= 15 is 0 Å². The number of amides is 1. The maximum atomic E-state index is 12.4. The number of nitrogens with two attached hydrogens (primary N) is 1. The summed E-state index contributed by atoms with van der Waals surface area (Å²) in [5.41, 5.74) is 6.84. The van der Waals surface area contributed by atoms with Gasteiger partial charge >= 0.3 is 10.1 Å². The number of hydrogen-bond donors (Lipinski definition) is 3. The Hall–Kier alpha value is -2.52. The van der Waals surface area contributed by atoms with Crippen molar-refractivity contribution >= 4 is 27.7 Å². The normalized spacial score (nSPS) is 12.0. The van der Waals surface area contributed by atoms with Crippen molar-refractivity contribution in [2.24, 2.45) is 0 Å². The van der Waals surface area contributed by atoms with Crippen LogP contribution < -0.4 is 11.1 Å². The van der Waals surface area contributed by atoms with E-state index in [0.29, 0.717) is 5.56 Å². The van der Waals surface area contributed by atoms with Gasteiger partial charge in [0.25, 0.3) is 5.91 Å². The minimum Gasteiger partial charge on any atom is -0.382 e. The number of anilines is 2. The van der Waals surface area contributed by atoms with Gasteiger partial charge in [-0.05, 0) is 30.0 Å². The Balaban J connectivity index is 2.39. The number of carbonyl (C=O) groups excluding carboxylic acids is 1. The summed E-state index contributed by atoms with van der Waals surface area (Å²) >= 11 is 0. The van der Waals surface area contributed by atoms with E-state index in [2.05, 4.69) is 15.3 Å². The Kier molecular flexibility index (Phi) is 4.83. The fourth-order valence-corrected chi connectivity index (χ4v) is 2.88. The number of hydrogen-bond acceptors (Lipinski definition) is 6. The molecule has 0 atom stereocenters. The molecule has 0 radical (unpaired) electrons. The monoisotopic (exact) mass is 364 g/mol. The Morgan fingerprint density at radius 2 is 1.72 bits per heavy atom. The molecule has 0 aliphatic rings. The van der Waals surface area contributed by atoms with Gasteiger partial charge in [-0.25, -0.2) is 9.97 Å². The molecule has 134 valence electrons. The highest BCUT2D eigenvalue weighted by atomic mass is 32.2. The third kappa shape index (κ3) is 4.31. The summed E-state index contributed by atoms with van der Waals surface area (Å²) in [5, 5.41) is 2.36. The standard InChI is InChI=1S/C16H20N4O4S/c1-9-18-13(17)12(25(22,23)24)14(19-9)20-15(21)10-5-7-11(8-6-10)16(2,3)4/h5-8H,1-4H3,(H,22,23,24)(H3,17,18,19,20,21). The first kappa shape index (κ1) is 18.8. The number of aromatic nitrogens is 2. The number of aryl methyl sites for hydroxylation is 1. The molecule has 0 fully saturated rings. The van der Waals surface area contributed by atoms with Gasteiger partial charge in [0.2, 0.25) is 0 Å². The Labute approximate surface area is 146 Å². The first-order chi connectivity index (χ1) is 11.4. The van der Waals surface area contributed by atoms with Gasteiger partial charge in [0, 0.05) is 5.56 Å². The van der Waals surface area contributed by atoms with Crippen LogP contribution in [-0.2, 0) is 15.5 Å². The summed E-state index contributed by atoms with van der Waals surface area (Å²) < 4.78 is 32.3. The van der Waals surface area contributed by atoms with Crippen molar-refractivity contribution in [3.05, 3.63) is 41.2 Å². The zero-order valence-electron chi connectivity index (χ0n) is 14.4. The van der Waals surface area contributed by atoms with Crippen molar-refractivity contribution in [1.29, 1.82) is 0 Å². The van der Waals surface area contributed by atoms with Crippen molar-refractivity contribution < 1.29 is 17.8 Å². The second-order valence-corrected chi connectivity index (χ2v) is 7.95. The van der Waals surface area contributed by atoms with Crippen LogP contribution >= 0.6 is 0 Å². The van der Waals surface area contributed by atoms with E-state index in [0.717, 1.165) is 5.56 Å². The van der Waals surface area contributed by atoms with Crippen LogP contribution in [0.5, 0.6) is 0 Å². The van der Waals surface area contributed by atoms with Gasteiger partial charge in [-0.3, -0.25) is 9.35 Å². The minimum atomic E-state index is -4.70. The van der Waals surface area contributed by atoms with Crippen LogP contribution in [0.4, 0.5) is 11.6 Å². The predicted molar refractivity (Wildman–Crippen MR) is 94.1 cm³/mol. The first-order valence-corrected chi connectivity index (χ1v) is 8.87. The first-order valence-electron chi connectivity index (χ1n) is 7.43. The lowest BCUT2D eigenvalue weighted by Gasteiger charge is -2.19. The molecule has 0 unspecified atom stereocenters. The van der Waals surface area contributed by atoms with Crippen LogP contribution in [-0.4, -0.2) is 28.8 Å². The highest BCUT2D eigenvalue weighted by Gasteiger charge is 2.24. The molecule has 25 heavy (non-hydrogen) atoms. The minimum absolute atomic E-state index is 0.0641. The highest BCUT2D eigenvalue weighted by Crippen LogP contribution is 2.25. The summed E-state index contributed by atoms with van der Waals surface area (Å²) in [5.74, 6) is -1.23. The van der Waals surface area contributed by atoms with Crippen molar-refractivity contribution in [3.8, 4) is 0 Å². The van der Waals surface area contributed by atoms with Gasteiger partial charge < -0.3 is 11.1 Å². The van der Waals surface area contributed by atoms with E-state index in [1.165, 1.54) is 6.92 Å². The molecular formula is C16H20N4O4S. The molecule has 1 aromatic carbocycles. The predicted octanol–water partition coefficient (Wildman–Crippen LogP) is 2.16. The van der Waals surface area contributed by atoms with E-state index in [9.17, 15) is 17.8 Å². The van der Waals surface area contributed by atoms with E-state index in [1.54, 1.807) is 12.1 Å². The molecule has 0 aliphatic heterocycles. The largest absolute Gasteiger partial charge is 0.382 e. The summed E-state index contributed by atoms with van der Waals surface area (Å²) in [6.45, 7) is 7.63. The summed E-state index contributed by atoms with van der Waals surface area (Å²) in [4.78, 5) is 19.2. The number of nitrogens with zero attached hydrogens (tertiary/aromatic N) is 2. The molecule has 2 aromatic rings. The third-order valence-electron chi connectivity index (χ3n) is 3.51. The zero-order valence-corrected chi connectivity index (χ0v) is 15.2. The molecule has 0 aliphatic carbocycles. The Morgan fingerprint density at radius 1 is 1.16 bits per heavy atom. The fraction of sp³-hybridized carbons (Fsp3) is 0.312. The van der Waals surface area contributed by atoms with Gasteiger partial charge in [0.15, 0.2) is 16.5 Å². The fourth-order valence-electron chi connectivity index (χ4n) is 2.22. The van der Waals surface area contributed by atoms with Crippen molar-refractivity contribution in [3.63, 3.8) is 0 Å². The number of benzene rings is 1. The molecule has 8 nitrogen and oxygen atoms in total. The smallest absolute Gasteiger partial charge is 0.301 e. The Bertz CT molecular complexity index is 916. The molecule has 9 heteroatoms. The quantitative estimate of drug-likeness (QED) is 0.710. The molecule has 0 bridgehead atoms. The zero-order chi connectivity index (χ0) is 19.0. The van der Waals surface area contributed by atoms with E-state index in [1.807, 2.05) is 32.9 Å². The SMILES string of the molecule is Cc1nc(N)c(S(=O)(=O)O)c(NC(=O)c2ccc(C(C)(C)C)cc2)n1. The van der Waals surface area contributed by atoms with Crippen LogP contribution in [0.1, 0.15) is 42.5 Å². The lowest BCUT2D eigenvalue weighted by atomic mass is 9.87. The van der Waals surface area contributed by atoms with Crippen molar-refractivity contribution in [2.75, 3.05) is 11.1 Å². The molecule has 1 heterocycles. The number of nitrogens with one attached hydrogen (secondary N) is 1. The average molecular weight is 364 g/mol. The van der Waals surface area contributed by atoms with Crippen LogP contribution in [0.3, 0.4) is 0 Å². The van der Waals surface area contributed by atoms with Crippen molar-refractivity contribution in [2.45, 2.75) is 38.0 Å². The molecule has 4 N–H and O–H groups in total. The maximum absolute atomic E-state index is 12.4. The van der Waals surface area contributed by atoms with Crippen molar-refractivity contribution in [1.82, 2.24) is 9.97 Å². The van der Waals surface area contributed by atoms with Crippen LogP contribution in [0.25, 0.3) is 0 Å². The summed E-state index contributed by atoms with van der Waals surface area (Å²) in [6.07, 6.45) is 0. The number of nitrogen functional groups attached to an aromatic ring is 1. The lowest BCUT2D eigenvalue weighted by molar-refractivity contribution is 0.102. The van der Waals surface area contributed by atoms with Gasteiger partial charge in [0.05, 0.1) is 0 Å². The molecule has 0 saturated heterocycles. The molecule has 0 spiro atoms. The second-order valence-electron chi connectivity index (χ2n) is 6.59.